The number of ether oxygens (including phenoxy) is 3. The van der Waals surface area contributed by atoms with E-state index in [1.54, 1.807) is 12.1 Å². The predicted octanol–water partition coefficient (Wildman–Crippen LogP) is 3.67. The fourth-order valence-corrected chi connectivity index (χ4v) is 3.42. The van der Waals surface area contributed by atoms with Crippen LogP contribution in [0.3, 0.4) is 0 Å². The van der Waals surface area contributed by atoms with Gasteiger partial charge in [-0.05, 0) is 43.5 Å². The molecule has 1 saturated heterocycles. The van der Waals surface area contributed by atoms with E-state index < -0.39 is 0 Å². The summed E-state index contributed by atoms with van der Waals surface area (Å²) in [6, 6.07) is 7.28. The maximum absolute atomic E-state index is 12.3. The molecule has 138 valence electrons. The van der Waals surface area contributed by atoms with Crippen LogP contribution in [0.2, 0.25) is 0 Å². The lowest BCUT2D eigenvalue weighted by atomic mass is 9.94. The third kappa shape index (κ3) is 4.95. The number of benzene rings is 1. The van der Waals surface area contributed by atoms with Crippen LogP contribution in [0.5, 0.6) is 5.75 Å². The van der Waals surface area contributed by atoms with Gasteiger partial charge in [0.1, 0.15) is 11.9 Å². The molecule has 1 atom stereocenters. The molecule has 1 N–H and O–H groups in total. The number of nitrogens with one attached hydrogen (secondary N) is 1. The number of carbonyl (C=O) groups excluding carboxylic acids is 1. The van der Waals surface area contributed by atoms with Crippen LogP contribution >= 0.6 is 0 Å². The van der Waals surface area contributed by atoms with Gasteiger partial charge in [0.2, 0.25) is 0 Å². The predicted molar refractivity (Wildman–Crippen MR) is 95.8 cm³/mol. The molecule has 1 aliphatic heterocycles. The van der Waals surface area contributed by atoms with Gasteiger partial charge in [0.05, 0.1) is 13.2 Å². The second-order valence-corrected chi connectivity index (χ2v) is 6.96. The van der Waals surface area contributed by atoms with Crippen LogP contribution in [-0.2, 0) is 9.47 Å². The van der Waals surface area contributed by atoms with Crippen molar-refractivity contribution in [2.75, 3.05) is 19.8 Å². The Hall–Kier alpha value is -1.59. The fourth-order valence-electron chi connectivity index (χ4n) is 3.42. The van der Waals surface area contributed by atoms with Crippen LogP contribution in [0.15, 0.2) is 24.3 Å². The van der Waals surface area contributed by atoms with E-state index in [1.807, 2.05) is 12.1 Å². The zero-order valence-corrected chi connectivity index (χ0v) is 15.1. The van der Waals surface area contributed by atoms with Crippen molar-refractivity contribution in [3.05, 3.63) is 29.8 Å². The maximum atomic E-state index is 12.3. The van der Waals surface area contributed by atoms with Gasteiger partial charge < -0.3 is 19.5 Å². The second kappa shape index (κ2) is 8.68. The molecule has 5 heteroatoms. The van der Waals surface area contributed by atoms with Crippen molar-refractivity contribution in [1.82, 2.24) is 5.32 Å². The molecule has 1 amide bonds. The molecule has 1 saturated carbocycles. The highest BCUT2D eigenvalue weighted by molar-refractivity contribution is 5.94. The second-order valence-electron chi connectivity index (χ2n) is 6.96. The molecule has 1 aromatic rings. The van der Waals surface area contributed by atoms with Crippen molar-refractivity contribution in [3.8, 4) is 5.75 Å². The summed E-state index contributed by atoms with van der Waals surface area (Å²) < 4.78 is 17.6. The summed E-state index contributed by atoms with van der Waals surface area (Å²) in [6.07, 6.45) is 7.60. The van der Waals surface area contributed by atoms with Crippen molar-refractivity contribution in [3.63, 3.8) is 0 Å². The molecule has 1 aliphatic carbocycles. The minimum atomic E-state index is -0.384. The largest absolute Gasteiger partial charge is 0.494 e. The lowest BCUT2D eigenvalue weighted by Gasteiger charge is -2.31. The van der Waals surface area contributed by atoms with Gasteiger partial charge in [-0.1, -0.05) is 19.8 Å². The zero-order valence-electron chi connectivity index (χ0n) is 15.1. The normalized spacial score (nSPS) is 22.0. The Balaban J connectivity index is 1.43. The maximum Gasteiger partial charge on any atom is 0.251 e. The first-order valence-corrected chi connectivity index (χ1v) is 9.54. The van der Waals surface area contributed by atoms with Gasteiger partial charge in [-0.2, -0.15) is 0 Å². The van der Waals surface area contributed by atoms with Crippen molar-refractivity contribution in [1.29, 1.82) is 0 Å². The highest BCUT2D eigenvalue weighted by atomic mass is 16.7. The first-order valence-electron chi connectivity index (χ1n) is 9.54. The number of rotatable bonds is 7. The zero-order chi connectivity index (χ0) is 17.5. The average Bonchev–Trinajstić information content (AvgIpc) is 3.03. The molecule has 3 rings (SSSR count). The molecule has 0 bridgehead atoms. The molecular weight excluding hydrogens is 318 g/mol. The standard InChI is InChI=1S/C20H29NO4/c1-2-3-13-23-17-9-7-16(8-10-17)19(22)21-14-18-15-24-20(25-18)11-5-4-6-12-20/h7-10,18H,2-6,11-15H2,1H3,(H,21,22)/t18-/m0/s1. The molecule has 1 spiro atoms. The smallest absolute Gasteiger partial charge is 0.251 e. The van der Waals surface area contributed by atoms with Gasteiger partial charge in [-0.25, -0.2) is 0 Å². The van der Waals surface area contributed by atoms with Gasteiger partial charge in [0.25, 0.3) is 5.91 Å². The third-order valence-corrected chi connectivity index (χ3v) is 4.90. The average molecular weight is 347 g/mol. The van der Waals surface area contributed by atoms with Crippen molar-refractivity contribution in [2.45, 2.75) is 63.8 Å². The van der Waals surface area contributed by atoms with E-state index in [0.717, 1.165) is 44.3 Å². The molecule has 5 nitrogen and oxygen atoms in total. The van der Waals surface area contributed by atoms with E-state index in [-0.39, 0.29) is 17.8 Å². The summed E-state index contributed by atoms with van der Waals surface area (Å²) in [7, 11) is 0. The quantitative estimate of drug-likeness (QED) is 0.765. The number of amides is 1. The Bertz CT molecular complexity index is 551. The Morgan fingerprint density at radius 1 is 1.24 bits per heavy atom. The van der Waals surface area contributed by atoms with Crippen molar-refractivity contribution >= 4 is 5.91 Å². The van der Waals surface area contributed by atoms with Gasteiger partial charge in [0.15, 0.2) is 5.79 Å². The van der Waals surface area contributed by atoms with Gasteiger partial charge >= 0.3 is 0 Å². The minimum Gasteiger partial charge on any atom is -0.494 e. The Labute approximate surface area is 150 Å². The Morgan fingerprint density at radius 3 is 2.72 bits per heavy atom. The van der Waals surface area contributed by atoms with Crippen molar-refractivity contribution in [2.24, 2.45) is 0 Å². The topological polar surface area (TPSA) is 56.8 Å². The summed E-state index contributed by atoms with van der Waals surface area (Å²) in [5.41, 5.74) is 0.633. The van der Waals surface area contributed by atoms with Gasteiger partial charge in [0, 0.05) is 24.9 Å². The van der Waals surface area contributed by atoms with Gasteiger partial charge in [-0.15, -0.1) is 0 Å². The fraction of sp³-hybridized carbons (Fsp3) is 0.650. The van der Waals surface area contributed by atoms with Crippen LogP contribution < -0.4 is 10.1 Å². The summed E-state index contributed by atoms with van der Waals surface area (Å²) >= 11 is 0. The number of hydrogen-bond acceptors (Lipinski definition) is 4. The van der Waals surface area contributed by atoms with E-state index in [0.29, 0.717) is 25.3 Å². The van der Waals surface area contributed by atoms with E-state index in [9.17, 15) is 4.79 Å². The first kappa shape index (κ1) is 18.2. The van der Waals surface area contributed by atoms with Crippen LogP contribution in [0.25, 0.3) is 0 Å². The van der Waals surface area contributed by atoms with Gasteiger partial charge in [-0.3, -0.25) is 4.79 Å². The summed E-state index contributed by atoms with van der Waals surface area (Å²) in [5, 5.41) is 2.95. The molecule has 0 unspecified atom stereocenters. The van der Waals surface area contributed by atoms with Crippen LogP contribution in [-0.4, -0.2) is 37.6 Å². The van der Waals surface area contributed by atoms with Crippen LogP contribution in [0, 0.1) is 0 Å². The van der Waals surface area contributed by atoms with Crippen molar-refractivity contribution < 1.29 is 19.0 Å². The molecule has 0 aromatic heterocycles. The SMILES string of the molecule is CCCCOc1ccc(C(=O)NC[C@H]2COC3(CCCCC3)O2)cc1. The van der Waals surface area contributed by atoms with E-state index in [2.05, 4.69) is 12.2 Å². The van der Waals surface area contributed by atoms with Crippen LogP contribution in [0.4, 0.5) is 0 Å². The monoisotopic (exact) mass is 347 g/mol. The lowest BCUT2D eigenvalue weighted by molar-refractivity contribution is -0.186. The minimum absolute atomic E-state index is 0.0568. The Kier molecular flexibility index (Phi) is 6.32. The van der Waals surface area contributed by atoms with Crippen LogP contribution in [0.1, 0.15) is 62.2 Å². The number of carbonyl (C=O) groups is 1. The summed E-state index contributed by atoms with van der Waals surface area (Å²) in [4.78, 5) is 12.3. The Morgan fingerprint density at radius 2 is 2.00 bits per heavy atom. The molecule has 25 heavy (non-hydrogen) atoms. The van der Waals surface area contributed by atoms with E-state index in [1.165, 1.54) is 6.42 Å². The molecule has 0 radical (unpaired) electrons. The molecular formula is C20H29NO4. The van der Waals surface area contributed by atoms with E-state index >= 15 is 0 Å². The number of unbranched alkanes of at least 4 members (excludes halogenated alkanes) is 1. The number of hydrogen-bond donors (Lipinski definition) is 1. The summed E-state index contributed by atoms with van der Waals surface area (Å²) in [5.74, 6) is 0.329. The van der Waals surface area contributed by atoms with E-state index in [4.69, 9.17) is 14.2 Å². The molecule has 1 heterocycles. The summed E-state index contributed by atoms with van der Waals surface area (Å²) in [6.45, 7) is 3.88. The third-order valence-electron chi connectivity index (χ3n) is 4.90. The molecule has 2 aliphatic rings. The highest BCUT2D eigenvalue weighted by Gasteiger charge is 2.42. The molecule has 1 aromatic carbocycles. The lowest BCUT2D eigenvalue weighted by Crippen LogP contribution is -2.37. The highest BCUT2D eigenvalue weighted by Crippen LogP contribution is 2.37. The molecule has 2 fully saturated rings. The first-order chi connectivity index (χ1) is 12.2.